The Morgan fingerprint density at radius 1 is 0.952 bits per heavy atom. The summed E-state index contributed by atoms with van der Waals surface area (Å²) in [4.78, 5) is 0. The van der Waals surface area contributed by atoms with Crippen molar-refractivity contribution in [2.45, 2.75) is 69.9 Å². The molecule has 4 nitrogen and oxygen atoms in total. The lowest BCUT2D eigenvalue weighted by Gasteiger charge is -2.19. The Morgan fingerprint density at radius 3 is 2.19 bits per heavy atom. The van der Waals surface area contributed by atoms with E-state index in [-0.39, 0.29) is 0 Å². The highest BCUT2D eigenvalue weighted by atomic mass is 16.4. The van der Waals surface area contributed by atoms with Gasteiger partial charge in [-0.15, -0.1) is 0 Å². The zero-order chi connectivity index (χ0) is 16.1. The minimum absolute atomic E-state index is 0.435. The molecule has 21 heavy (non-hydrogen) atoms. The molecule has 0 aliphatic heterocycles. The summed E-state index contributed by atoms with van der Waals surface area (Å²) in [6.07, 6.45) is 2.31. The molecule has 0 fully saturated rings. The summed E-state index contributed by atoms with van der Waals surface area (Å²) in [7, 11) is 0. The van der Waals surface area contributed by atoms with Crippen LogP contribution in [-0.4, -0.2) is 44.8 Å². The van der Waals surface area contributed by atoms with Crippen LogP contribution in [0, 0.1) is 23.7 Å². The average molecular weight is 294 g/mol. The third-order valence-corrected chi connectivity index (χ3v) is 3.05. The van der Waals surface area contributed by atoms with Gasteiger partial charge in [0, 0.05) is 0 Å². The summed E-state index contributed by atoms with van der Waals surface area (Å²) >= 11 is 0. The normalized spacial score (nSPS) is 15.7. The molecule has 0 rings (SSSR count). The van der Waals surface area contributed by atoms with E-state index in [1.54, 1.807) is 0 Å². The van der Waals surface area contributed by atoms with Crippen molar-refractivity contribution in [1.82, 2.24) is 0 Å². The summed E-state index contributed by atoms with van der Waals surface area (Å²) in [6, 6.07) is 0. The number of hydrogen-bond acceptors (Lipinski definition) is 4. The predicted molar refractivity (Wildman–Crippen MR) is 83.2 cm³/mol. The molecule has 0 radical (unpaired) electrons. The van der Waals surface area contributed by atoms with Crippen molar-refractivity contribution < 1.29 is 20.4 Å². The Balaban J connectivity index is 4.11. The fourth-order valence-corrected chi connectivity index (χ4v) is 1.70. The van der Waals surface area contributed by atoms with Gasteiger partial charge in [-0.1, -0.05) is 63.5 Å². The van der Waals surface area contributed by atoms with E-state index in [1.807, 2.05) is 0 Å². The molecule has 0 unspecified atom stereocenters. The lowest BCUT2D eigenvalue weighted by Crippen LogP contribution is -2.36. The third-order valence-electron chi connectivity index (χ3n) is 3.05. The lowest BCUT2D eigenvalue weighted by atomic mass is 10.0. The number of unbranched alkanes of at least 4 members (excludes halogenated alkanes) is 4. The maximum Gasteiger partial charge on any atom is 0.144 e. The molecule has 118 valence electrons. The van der Waals surface area contributed by atoms with Crippen LogP contribution in [0.15, 0.2) is 12.7 Å². The van der Waals surface area contributed by atoms with Crippen LogP contribution in [0.25, 0.3) is 0 Å². The van der Waals surface area contributed by atoms with E-state index in [2.05, 4.69) is 37.2 Å². The van der Waals surface area contributed by atoms with Gasteiger partial charge in [0.1, 0.15) is 18.3 Å². The Labute approximate surface area is 127 Å². The summed E-state index contributed by atoms with van der Waals surface area (Å²) < 4.78 is 0. The number of aliphatic hydroxyl groups excluding tert-OH is 4. The van der Waals surface area contributed by atoms with Crippen molar-refractivity contribution in [2.24, 2.45) is 0 Å². The largest absolute Gasteiger partial charge is 0.390 e. The van der Waals surface area contributed by atoms with Gasteiger partial charge in [0.2, 0.25) is 0 Å². The van der Waals surface area contributed by atoms with E-state index >= 15 is 0 Å². The van der Waals surface area contributed by atoms with E-state index in [1.165, 1.54) is 12.5 Å². The molecular formula is C17H26O4. The summed E-state index contributed by atoms with van der Waals surface area (Å²) in [5.41, 5.74) is 0. The van der Waals surface area contributed by atoms with E-state index in [4.69, 9.17) is 5.11 Å². The first kappa shape index (κ1) is 19.7. The molecule has 0 aromatic carbocycles. The van der Waals surface area contributed by atoms with E-state index in [0.29, 0.717) is 6.42 Å². The van der Waals surface area contributed by atoms with Crippen LogP contribution in [0.1, 0.15) is 45.4 Å². The van der Waals surface area contributed by atoms with Crippen molar-refractivity contribution in [3.63, 3.8) is 0 Å². The second kappa shape index (κ2) is 12.4. The first-order chi connectivity index (χ1) is 10.0. The van der Waals surface area contributed by atoms with Gasteiger partial charge in [-0.25, -0.2) is 0 Å². The second-order valence-electron chi connectivity index (χ2n) is 4.92. The molecule has 0 saturated carbocycles. The Kier molecular flexibility index (Phi) is 11.7. The highest BCUT2D eigenvalue weighted by molar-refractivity contribution is 5.30. The molecule has 0 spiro atoms. The Bertz CT molecular complexity index is 396. The van der Waals surface area contributed by atoms with E-state index < -0.39 is 24.4 Å². The van der Waals surface area contributed by atoms with Crippen LogP contribution in [0.2, 0.25) is 0 Å². The zero-order valence-electron chi connectivity index (χ0n) is 12.6. The van der Waals surface area contributed by atoms with Gasteiger partial charge in [0.25, 0.3) is 0 Å². The van der Waals surface area contributed by atoms with Gasteiger partial charge in [0.05, 0.1) is 6.10 Å². The van der Waals surface area contributed by atoms with Crippen LogP contribution in [0.4, 0.5) is 0 Å². The quantitative estimate of drug-likeness (QED) is 0.290. The van der Waals surface area contributed by atoms with Crippen molar-refractivity contribution in [3.8, 4) is 23.7 Å². The maximum atomic E-state index is 9.76. The molecular weight excluding hydrogens is 268 g/mol. The highest BCUT2D eigenvalue weighted by Gasteiger charge is 2.22. The van der Waals surface area contributed by atoms with Crippen LogP contribution >= 0.6 is 0 Å². The van der Waals surface area contributed by atoms with Gasteiger partial charge >= 0.3 is 0 Å². The Hall–Kier alpha value is -1.30. The van der Waals surface area contributed by atoms with Gasteiger partial charge < -0.3 is 20.4 Å². The molecule has 0 bridgehead atoms. The van der Waals surface area contributed by atoms with Crippen molar-refractivity contribution in [2.75, 3.05) is 0 Å². The van der Waals surface area contributed by atoms with Crippen molar-refractivity contribution >= 4 is 0 Å². The van der Waals surface area contributed by atoms with E-state index in [0.717, 1.165) is 25.7 Å². The second-order valence-corrected chi connectivity index (χ2v) is 4.92. The minimum Gasteiger partial charge on any atom is -0.390 e. The zero-order valence-corrected chi connectivity index (χ0v) is 12.6. The topological polar surface area (TPSA) is 80.9 Å². The Morgan fingerprint density at radius 2 is 1.57 bits per heavy atom. The molecule has 0 aromatic heterocycles. The summed E-state index contributed by atoms with van der Waals surface area (Å²) in [6.45, 7) is 5.48. The summed E-state index contributed by atoms with van der Waals surface area (Å²) in [5.74, 6) is 9.37. The van der Waals surface area contributed by atoms with Crippen LogP contribution < -0.4 is 0 Å². The summed E-state index contributed by atoms with van der Waals surface area (Å²) in [5, 5.41) is 38.2. The van der Waals surface area contributed by atoms with Crippen molar-refractivity contribution in [3.05, 3.63) is 12.7 Å². The monoisotopic (exact) mass is 294 g/mol. The van der Waals surface area contributed by atoms with Crippen LogP contribution in [-0.2, 0) is 0 Å². The SMILES string of the molecule is C=C[C@@H](O)C#CC#C[C@@H](O)[C@@H](O)[C@H](O)CCCCCCC. The highest BCUT2D eigenvalue weighted by Crippen LogP contribution is 2.11. The standard InChI is InChI=1S/C17H26O4/c1-3-5-6-7-8-12-15(19)17(21)16(20)13-10-9-11-14(18)4-2/h4,14-21H,2-3,5-8,12H2,1H3/t14-,15-,16-,17+/m1/s1. The predicted octanol–water partition coefficient (Wildman–Crippen LogP) is 0.983. The molecule has 4 N–H and O–H groups in total. The maximum absolute atomic E-state index is 9.76. The van der Waals surface area contributed by atoms with Crippen LogP contribution in [0.5, 0.6) is 0 Å². The molecule has 0 heterocycles. The van der Waals surface area contributed by atoms with Crippen LogP contribution in [0.3, 0.4) is 0 Å². The fourth-order valence-electron chi connectivity index (χ4n) is 1.70. The minimum atomic E-state index is -1.36. The first-order valence-electron chi connectivity index (χ1n) is 7.38. The average Bonchev–Trinajstić information content (AvgIpc) is 2.49. The first-order valence-corrected chi connectivity index (χ1v) is 7.38. The lowest BCUT2D eigenvalue weighted by molar-refractivity contribution is -0.0415. The van der Waals surface area contributed by atoms with E-state index in [9.17, 15) is 15.3 Å². The number of hydrogen-bond donors (Lipinski definition) is 4. The smallest absolute Gasteiger partial charge is 0.144 e. The third kappa shape index (κ3) is 10.1. The van der Waals surface area contributed by atoms with Gasteiger partial charge in [-0.05, 0) is 18.3 Å². The molecule has 0 saturated heterocycles. The number of aliphatic hydroxyl groups is 4. The van der Waals surface area contributed by atoms with Gasteiger partial charge in [-0.3, -0.25) is 0 Å². The fraction of sp³-hybridized carbons (Fsp3) is 0.647. The molecule has 4 atom stereocenters. The molecule has 0 aliphatic rings. The van der Waals surface area contributed by atoms with Gasteiger partial charge in [0.15, 0.2) is 0 Å². The van der Waals surface area contributed by atoms with Crippen molar-refractivity contribution in [1.29, 1.82) is 0 Å². The molecule has 0 amide bonds. The van der Waals surface area contributed by atoms with Gasteiger partial charge in [-0.2, -0.15) is 0 Å². The molecule has 0 aliphatic carbocycles. The molecule has 4 heteroatoms. The molecule has 0 aromatic rings. The number of rotatable bonds is 9.